The molecule has 0 bridgehead atoms. The molecule has 116 valence electrons. The smallest absolute Gasteiger partial charge is 0.241 e. The SMILES string of the molecule is Cc1ccc(NC(=O)[C@H](C)N2C[C@@H](C)O[C@H](C)C2)c(C)c1. The molecule has 2 rings (SSSR count). The highest BCUT2D eigenvalue weighted by Gasteiger charge is 2.29. The van der Waals surface area contributed by atoms with E-state index < -0.39 is 0 Å². The Morgan fingerprint density at radius 3 is 2.48 bits per heavy atom. The van der Waals surface area contributed by atoms with Crippen LogP contribution in [-0.2, 0) is 9.53 Å². The summed E-state index contributed by atoms with van der Waals surface area (Å²) in [5.74, 6) is 0.0447. The second-order valence-electron chi connectivity index (χ2n) is 6.19. The Morgan fingerprint density at radius 2 is 1.90 bits per heavy atom. The van der Waals surface area contributed by atoms with E-state index in [4.69, 9.17) is 4.74 Å². The number of morpholine rings is 1. The molecule has 1 saturated heterocycles. The van der Waals surface area contributed by atoms with Crippen molar-refractivity contribution < 1.29 is 9.53 Å². The van der Waals surface area contributed by atoms with Gasteiger partial charge in [0.2, 0.25) is 5.91 Å². The number of nitrogens with one attached hydrogen (secondary N) is 1. The molecule has 1 heterocycles. The van der Waals surface area contributed by atoms with Crippen molar-refractivity contribution in [2.24, 2.45) is 0 Å². The van der Waals surface area contributed by atoms with Gasteiger partial charge in [-0.15, -0.1) is 0 Å². The molecule has 4 heteroatoms. The number of rotatable bonds is 3. The Hall–Kier alpha value is -1.39. The van der Waals surface area contributed by atoms with Gasteiger partial charge in [0.05, 0.1) is 18.2 Å². The number of carbonyl (C=O) groups excluding carboxylic acids is 1. The zero-order chi connectivity index (χ0) is 15.6. The molecule has 1 aliphatic heterocycles. The molecule has 0 saturated carbocycles. The number of amides is 1. The Morgan fingerprint density at radius 1 is 1.29 bits per heavy atom. The monoisotopic (exact) mass is 290 g/mol. The molecular formula is C17H26N2O2. The number of ether oxygens (including phenoxy) is 1. The van der Waals surface area contributed by atoms with Gasteiger partial charge in [0.15, 0.2) is 0 Å². The van der Waals surface area contributed by atoms with E-state index in [0.717, 1.165) is 24.3 Å². The van der Waals surface area contributed by atoms with Crippen molar-refractivity contribution in [1.82, 2.24) is 4.90 Å². The lowest BCUT2D eigenvalue weighted by Gasteiger charge is -2.38. The lowest BCUT2D eigenvalue weighted by molar-refractivity contribution is -0.126. The van der Waals surface area contributed by atoms with E-state index in [9.17, 15) is 4.79 Å². The van der Waals surface area contributed by atoms with Gasteiger partial charge in [-0.3, -0.25) is 9.69 Å². The highest BCUT2D eigenvalue weighted by molar-refractivity contribution is 5.95. The van der Waals surface area contributed by atoms with Crippen LogP contribution in [-0.4, -0.2) is 42.1 Å². The van der Waals surface area contributed by atoms with Gasteiger partial charge in [0.1, 0.15) is 0 Å². The Balaban J connectivity index is 2.02. The Kier molecular flexibility index (Phi) is 5.01. The number of hydrogen-bond donors (Lipinski definition) is 1. The molecule has 0 unspecified atom stereocenters. The predicted octanol–water partition coefficient (Wildman–Crippen LogP) is 2.74. The Bertz CT molecular complexity index is 506. The predicted molar refractivity (Wildman–Crippen MR) is 85.6 cm³/mol. The third-order valence-electron chi connectivity index (χ3n) is 4.01. The van der Waals surface area contributed by atoms with E-state index in [1.54, 1.807) is 0 Å². The summed E-state index contributed by atoms with van der Waals surface area (Å²) in [5.41, 5.74) is 3.19. The van der Waals surface area contributed by atoms with Crippen LogP contribution in [0.15, 0.2) is 18.2 Å². The molecule has 3 atom stereocenters. The van der Waals surface area contributed by atoms with Gasteiger partial charge >= 0.3 is 0 Å². The number of benzene rings is 1. The summed E-state index contributed by atoms with van der Waals surface area (Å²) in [7, 11) is 0. The first-order valence-electron chi connectivity index (χ1n) is 7.64. The third kappa shape index (κ3) is 4.05. The Labute approximate surface area is 127 Å². The number of anilines is 1. The molecule has 1 N–H and O–H groups in total. The van der Waals surface area contributed by atoms with Crippen molar-refractivity contribution in [2.45, 2.75) is 52.9 Å². The molecule has 21 heavy (non-hydrogen) atoms. The summed E-state index contributed by atoms with van der Waals surface area (Å²) in [4.78, 5) is 14.7. The van der Waals surface area contributed by atoms with Gasteiger partial charge < -0.3 is 10.1 Å². The molecule has 1 amide bonds. The molecule has 1 fully saturated rings. The largest absolute Gasteiger partial charge is 0.373 e. The lowest BCUT2D eigenvalue weighted by Crippen LogP contribution is -2.52. The maximum absolute atomic E-state index is 12.5. The maximum atomic E-state index is 12.5. The van der Waals surface area contributed by atoms with E-state index >= 15 is 0 Å². The van der Waals surface area contributed by atoms with Gasteiger partial charge in [-0.05, 0) is 46.2 Å². The van der Waals surface area contributed by atoms with Gasteiger partial charge in [-0.2, -0.15) is 0 Å². The lowest BCUT2D eigenvalue weighted by atomic mass is 10.1. The summed E-state index contributed by atoms with van der Waals surface area (Å²) in [6.45, 7) is 11.7. The average molecular weight is 290 g/mol. The van der Waals surface area contributed by atoms with Crippen LogP contribution < -0.4 is 5.32 Å². The van der Waals surface area contributed by atoms with Crippen molar-refractivity contribution in [3.8, 4) is 0 Å². The fraction of sp³-hybridized carbons (Fsp3) is 0.588. The van der Waals surface area contributed by atoms with E-state index in [0.29, 0.717) is 0 Å². The number of hydrogen-bond acceptors (Lipinski definition) is 3. The van der Waals surface area contributed by atoms with E-state index in [1.807, 2.05) is 26.0 Å². The summed E-state index contributed by atoms with van der Waals surface area (Å²) in [6.07, 6.45) is 0.343. The van der Waals surface area contributed by atoms with Crippen molar-refractivity contribution >= 4 is 11.6 Å². The van der Waals surface area contributed by atoms with Crippen LogP contribution in [0.3, 0.4) is 0 Å². The normalized spacial score (nSPS) is 24.6. The molecule has 1 aromatic rings. The van der Waals surface area contributed by atoms with Crippen molar-refractivity contribution in [1.29, 1.82) is 0 Å². The molecule has 0 aromatic heterocycles. The number of nitrogens with zero attached hydrogens (tertiary/aromatic N) is 1. The van der Waals surface area contributed by atoms with Crippen LogP contribution >= 0.6 is 0 Å². The molecule has 1 aliphatic rings. The van der Waals surface area contributed by atoms with Crippen molar-refractivity contribution in [3.05, 3.63) is 29.3 Å². The molecule has 1 aromatic carbocycles. The molecule has 4 nitrogen and oxygen atoms in total. The first-order valence-corrected chi connectivity index (χ1v) is 7.64. The minimum absolute atomic E-state index is 0.0447. The average Bonchev–Trinajstić information content (AvgIpc) is 2.40. The van der Waals surface area contributed by atoms with Crippen LogP contribution in [0.2, 0.25) is 0 Å². The standard InChI is InChI=1S/C17H26N2O2/c1-11-6-7-16(12(2)8-11)18-17(20)15(5)19-9-13(3)21-14(4)10-19/h6-8,13-15H,9-10H2,1-5H3,(H,18,20)/t13-,14-,15+/m1/s1. The topological polar surface area (TPSA) is 41.6 Å². The summed E-state index contributed by atoms with van der Waals surface area (Å²) in [6, 6.07) is 5.92. The van der Waals surface area contributed by atoms with Crippen molar-refractivity contribution in [2.75, 3.05) is 18.4 Å². The van der Waals surface area contributed by atoms with E-state index in [-0.39, 0.29) is 24.2 Å². The summed E-state index contributed by atoms with van der Waals surface area (Å²) < 4.78 is 5.72. The minimum Gasteiger partial charge on any atom is -0.373 e. The quantitative estimate of drug-likeness (QED) is 0.930. The minimum atomic E-state index is -0.153. The van der Waals surface area contributed by atoms with Gasteiger partial charge in [0.25, 0.3) is 0 Å². The van der Waals surface area contributed by atoms with Gasteiger partial charge in [-0.25, -0.2) is 0 Å². The molecule has 0 radical (unpaired) electrons. The third-order valence-corrected chi connectivity index (χ3v) is 4.01. The van der Waals surface area contributed by atoms with E-state index in [2.05, 4.69) is 37.1 Å². The first kappa shape index (κ1) is 16.0. The first-order chi connectivity index (χ1) is 9.86. The second-order valence-corrected chi connectivity index (χ2v) is 6.19. The van der Waals surface area contributed by atoms with E-state index in [1.165, 1.54) is 5.56 Å². The van der Waals surface area contributed by atoms with Gasteiger partial charge in [-0.1, -0.05) is 17.7 Å². The zero-order valence-electron chi connectivity index (χ0n) is 13.6. The summed E-state index contributed by atoms with van der Waals surface area (Å²) in [5, 5.41) is 3.04. The highest BCUT2D eigenvalue weighted by Crippen LogP contribution is 2.18. The van der Waals surface area contributed by atoms with Crippen LogP contribution in [0.4, 0.5) is 5.69 Å². The van der Waals surface area contributed by atoms with Crippen LogP contribution in [0.5, 0.6) is 0 Å². The fourth-order valence-corrected chi connectivity index (χ4v) is 2.89. The fourth-order valence-electron chi connectivity index (χ4n) is 2.89. The molecular weight excluding hydrogens is 264 g/mol. The highest BCUT2D eigenvalue weighted by atomic mass is 16.5. The van der Waals surface area contributed by atoms with Crippen molar-refractivity contribution in [3.63, 3.8) is 0 Å². The molecule has 0 spiro atoms. The van der Waals surface area contributed by atoms with Crippen LogP contribution in [0.1, 0.15) is 31.9 Å². The number of aryl methyl sites for hydroxylation is 2. The molecule has 0 aliphatic carbocycles. The zero-order valence-corrected chi connectivity index (χ0v) is 13.6. The van der Waals surface area contributed by atoms with Gasteiger partial charge in [0, 0.05) is 18.8 Å². The maximum Gasteiger partial charge on any atom is 0.241 e. The summed E-state index contributed by atoms with van der Waals surface area (Å²) >= 11 is 0. The second kappa shape index (κ2) is 6.58. The van der Waals surface area contributed by atoms with Crippen LogP contribution in [0, 0.1) is 13.8 Å². The van der Waals surface area contributed by atoms with Crippen LogP contribution in [0.25, 0.3) is 0 Å². The number of carbonyl (C=O) groups is 1.